The Balaban J connectivity index is 2.85. The van der Waals surface area contributed by atoms with Crippen LogP contribution < -0.4 is 0 Å². The lowest BCUT2D eigenvalue weighted by Crippen LogP contribution is -1.88. The van der Waals surface area contributed by atoms with Crippen molar-refractivity contribution in [2.75, 3.05) is 0 Å². The molecule has 1 aromatic carbocycles. The number of aliphatic hydroxyl groups excluding tert-OH is 1. The molecule has 0 unspecified atom stereocenters. The van der Waals surface area contributed by atoms with Crippen LogP contribution in [0.25, 0.3) is 0 Å². The number of benzene rings is 1. The Bertz CT molecular complexity index is 286. The van der Waals surface area contributed by atoms with Crippen molar-refractivity contribution < 1.29 is 5.11 Å². The van der Waals surface area contributed by atoms with Crippen LogP contribution in [0.5, 0.6) is 0 Å². The highest BCUT2D eigenvalue weighted by Crippen LogP contribution is 2.30. The molecular formula is C10H13ClOS. The van der Waals surface area contributed by atoms with E-state index in [4.69, 9.17) is 16.7 Å². The second-order valence-corrected chi connectivity index (χ2v) is 5.12. The predicted octanol–water partition coefficient (Wildman–Crippen LogP) is 3.33. The van der Waals surface area contributed by atoms with Gasteiger partial charge >= 0.3 is 0 Å². The van der Waals surface area contributed by atoms with Gasteiger partial charge in [-0.15, -0.1) is 11.8 Å². The van der Waals surface area contributed by atoms with Gasteiger partial charge in [0.25, 0.3) is 0 Å². The summed E-state index contributed by atoms with van der Waals surface area (Å²) in [5.74, 6) is 0. The van der Waals surface area contributed by atoms with Crippen molar-refractivity contribution in [1.82, 2.24) is 0 Å². The zero-order valence-corrected chi connectivity index (χ0v) is 9.32. The summed E-state index contributed by atoms with van der Waals surface area (Å²) in [5.41, 5.74) is 0.859. The molecule has 0 spiro atoms. The highest BCUT2D eigenvalue weighted by atomic mass is 35.5. The number of halogens is 1. The molecule has 1 N–H and O–H groups in total. The van der Waals surface area contributed by atoms with Gasteiger partial charge in [-0.25, -0.2) is 0 Å². The largest absolute Gasteiger partial charge is 0.392 e. The Kier molecular flexibility index (Phi) is 4.10. The van der Waals surface area contributed by atoms with Gasteiger partial charge in [0.15, 0.2) is 0 Å². The van der Waals surface area contributed by atoms with E-state index in [9.17, 15) is 0 Å². The minimum Gasteiger partial charge on any atom is -0.392 e. The van der Waals surface area contributed by atoms with Gasteiger partial charge in [0.1, 0.15) is 0 Å². The number of rotatable bonds is 3. The van der Waals surface area contributed by atoms with E-state index in [1.807, 2.05) is 18.2 Å². The topological polar surface area (TPSA) is 20.2 Å². The van der Waals surface area contributed by atoms with Crippen LogP contribution in [-0.4, -0.2) is 10.4 Å². The van der Waals surface area contributed by atoms with E-state index < -0.39 is 0 Å². The van der Waals surface area contributed by atoms with Crippen LogP contribution in [0.2, 0.25) is 5.02 Å². The Labute approximate surface area is 88.1 Å². The lowest BCUT2D eigenvalue weighted by Gasteiger charge is -2.07. The molecule has 1 nitrogen and oxygen atoms in total. The fraction of sp³-hybridized carbons (Fsp3) is 0.400. The van der Waals surface area contributed by atoms with E-state index in [1.54, 1.807) is 11.8 Å². The second-order valence-electron chi connectivity index (χ2n) is 3.09. The van der Waals surface area contributed by atoms with E-state index in [1.165, 1.54) is 0 Å². The highest BCUT2D eigenvalue weighted by Gasteiger charge is 2.04. The lowest BCUT2D eigenvalue weighted by molar-refractivity contribution is 0.282. The maximum atomic E-state index is 8.87. The Morgan fingerprint density at radius 2 is 2.15 bits per heavy atom. The molecular weight excluding hydrogens is 204 g/mol. The van der Waals surface area contributed by atoms with Gasteiger partial charge in [-0.05, 0) is 17.7 Å². The van der Waals surface area contributed by atoms with Crippen molar-refractivity contribution in [3.05, 3.63) is 28.8 Å². The minimum absolute atomic E-state index is 0.0480. The summed E-state index contributed by atoms with van der Waals surface area (Å²) >= 11 is 7.75. The number of thioether (sulfide) groups is 1. The monoisotopic (exact) mass is 216 g/mol. The van der Waals surface area contributed by atoms with Crippen molar-refractivity contribution in [1.29, 1.82) is 0 Å². The van der Waals surface area contributed by atoms with Crippen LogP contribution in [0.1, 0.15) is 19.4 Å². The van der Waals surface area contributed by atoms with Gasteiger partial charge in [0, 0.05) is 10.1 Å². The molecule has 72 valence electrons. The summed E-state index contributed by atoms with van der Waals surface area (Å²) in [4.78, 5) is 1.08. The molecule has 0 bridgehead atoms. The van der Waals surface area contributed by atoms with Crippen LogP contribution in [0.3, 0.4) is 0 Å². The summed E-state index contributed by atoms with van der Waals surface area (Å²) in [6.45, 7) is 4.30. The van der Waals surface area contributed by atoms with Crippen molar-refractivity contribution >= 4 is 23.4 Å². The Morgan fingerprint density at radius 1 is 1.46 bits per heavy atom. The molecule has 13 heavy (non-hydrogen) atoms. The minimum atomic E-state index is 0.0480. The molecule has 0 aliphatic carbocycles. The van der Waals surface area contributed by atoms with Crippen LogP contribution in [0.4, 0.5) is 0 Å². The Hall–Kier alpha value is -0.180. The van der Waals surface area contributed by atoms with E-state index in [-0.39, 0.29) is 6.61 Å². The number of aliphatic hydroxyl groups is 1. The molecule has 0 aliphatic heterocycles. The maximum Gasteiger partial charge on any atom is 0.0682 e. The molecule has 3 heteroatoms. The maximum absolute atomic E-state index is 8.87. The van der Waals surface area contributed by atoms with Gasteiger partial charge in [0.05, 0.1) is 11.6 Å². The smallest absolute Gasteiger partial charge is 0.0682 e. The molecule has 0 aromatic heterocycles. The Morgan fingerprint density at radius 3 is 2.62 bits per heavy atom. The summed E-state index contributed by atoms with van der Waals surface area (Å²) in [5, 5.41) is 10.1. The SMILES string of the molecule is CC(C)Sc1ccc(CO)cc1Cl. The van der Waals surface area contributed by atoms with E-state index in [0.29, 0.717) is 5.25 Å². The van der Waals surface area contributed by atoms with Crippen molar-refractivity contribution in [3.8, 4) is 0 Å². The molecule has 0 fully saturated rings. The van der Waals surface area contributed by atoms with Crippen molar-refractivity contribution in [2.45, 2.75) is 30.6 Å². The molecule has 1 rings (SSSR count). The van der Waals surface area contributed by atoms with E-state index in [2.05, 4.69) is 13.8 Å². The molecule has 0 heterocycles. The fourth-order valence-electron chi connectivity index (χ4n) is 0.992. The average molecular weight is 217 g/mol. The summed E-state index contributed by atoms with van der Waals surface area (Å²) in [6.07, 6.45) is 0. The third-order valence-corrected chi connectivity index (χ3v) is 3.05. The number of hydrogen-bond donors (Lipinski definition) is 1. The third-order valence-electron chi connectivity index (χ3n) is 1.54. The quantitative estimate of drug-likeness (QED) is 0.783. The molecule has 1 aromatic rings. The normalized spacial score (nSPS) is 10.8. The van der Waals surface area contributed by atoms with Crippen LogP contribution in [0, 0.1) is 0 Å². The molecule has 0 saturated carbocycles. The van der Waals surface area contributed by atoms with Gasteiger partial charge < -0.3 is 5.11 Å². The van der Waals surface area contributed by atoms with E-state index in [0.717, 1.165) is 15.5 Å². The molecule has 0 radical (unpaired) electrons. The first-order valence-electron chi connectivity index (χ1n) is 4.19. The van der Waals surface area contributed by atoms with Crippen LogP contribution >= 0.6 is 23.4 Å². The zero-order chi connectivity index (χ0) is 9.84. The first-order chi connectivity index (χ1) is 6.13. The van der Waals surface area contributed by atoms with Crippen LogP contribution in [0.15, 0.2) is 23.1 Å². The zero-order valence-electron chi connectivity index (χ0n) is 7.75. The first-order valence-corrected chi connectivity index (χ1v) is 5.45. The van der Waals surface area contributed by atoms with Crippen molar-refractivity contribution in [3.63, 3.8) is 0 Å². The lowest BCUT2D eigenvalue weighted by atomic mass is 10.2. The number of hydrogen-bond acceptors (Lipinski definition) is 2. The van der Waals surface area contributed by atoms with Gasteiger partial charge in [-0.3, -0.25) is 0 Å². The standard InChI is InChI=1S/C10H13ClOS/c1-7(2)13-10-4-3-8(6-12)5-9(10)11/h3-5,7,12H,6H2,1-2H3. The molecule has 0 amide bonds. The molecule has 0 aliphatic rings. The van der Waals surface area contributed by atoms with Gasteiger partial charge in [-0.1, -0.05) is 31.5 Å². The van der Waals surface area contributed by atoms with Gasteiger partial charge in [-0.2, -0.15) is 0 Å². The van der Waals surface area contributed by atoms with Crippen LogP contribution in [-0.2, 0) is 6.61 Å². The van der Waals surface area contributed by atoms with Gasteiger partial charge in [0.2, 0.25) is 0 Å². The second kappa shape index (κ2) is 4.89. The third kappa shape index (κ3) is 3.22. The average Bonchev–Trinajstić information content (AvgIpc) is 2.08. The van der Waals surface area contributed by atoms with E-state index >= 15 is 0 Å². The summed E-state index contributed by atoms with van der Waals surface area (Å²) in [7, 11) is 0. The summed E-state index contributed by atoms with van der Waals surface area (Å²) in [6, 6.07) is 5.67. The molecule has 0 saturated heterocycles. The fourth-order valence-corrected chi connectivity index (χ4v) is 2.15. The van der Waals surface area contributed by atoms with Crippen molar-refractivity contribution in [2.24, 2.45) is 0 Å². The molecule has 0 atom stereocenters. The summed E-state index contributed by atoms with van der Waals surface area (Å²) < 4.78 is 0. The highest BCUT2D eigenvalue weighted by molar-refractivity contribution is 8.00. The predicted molar refractivity (Wildman–Crippen MR) is 58.4 cm³/mol. The first kappa shape index (κ1) is 10.9.